The number of amides is 2. The van der Waals surface area contributed by atoms with E-state index in [1.165, 1.54) is 0 Å². The van der Waals surface area contributed by atoms with E-state index in [1.807, 2.05) is 14.0 Å². The van der Waals surface area contributed by atoms with E-state index in [0.717, 1.165) is 13.1 Å². The van der Waals surface area contributed by atoms with Crippen LogP contribution in [0, 0.1) is 0 Å². The maximum atomic E-state index is 11.2. The third kappa shape index (κ3) is 9.26. The molecule has 0 bridgehead atoms. The predicted octanol–water partition coefficient (Wildman–Crippen LogP) is 0.102. The van der Waals surface area contributed by atoms with Gasteiger partial charge in [0.1, 0.15) is 0 Å². The van der Waals surface area contributed by atoms with E-state index in [0.29, 0.717) is 19.5 Å². The first-order chi connectivity index (χ1) is 7.56. The number of carbonyl (C=O) groups excluding carboxylic acids is 1. The topological polar surface area (TPSA) is 81.7 Å². The Balaban J connectivity index is 3.34. The molecule has 0 radical (unpaired) electrons. The molecular formula is C10H21N3O3. The molecule has 94 valence electrons. The molecule has 16 heavy (non-hydrogen) atoms. The lowest BCUT2D eigenvalue weighted by Gasteiger charge is -2.14. The van der Waals surface area contributed by atoms with Gasteiger partial charge in [-0.1, -0.05) is 6.92 Å². The zero-order valence-corrected chi connectivity index (χ0v) is 9.95. The number of aliphatic carboxylic acids is 1. The molecule has 0 aliphatic heterocycles. The van der Waals surface area contributed by atoms with Crippen molar-refractivity contribution in [1.29, 1.82) is 0 Å². The number of carboxylic acid groups (broad SMARTS) is 1. The average Bonchev–Trinajstić information content (AvgIpc) is 2.24. The summed E-state index contributed by atoms with van der Waals surface area (Å²) < 4.78 is 0. The highest BCUT2D eigenvalue weighted by Gasteiger charge is 2.01. The first-order valence-electron chi connectivity index (χ1n) is 5.48. The van der Waals surface area contributed by atoms with Crippen LogP contribution in [-0.4, -0.2) is 55.2 Å². The van der Waals surface area contributed by atoms with Crippen LogP contribution in [0.4, 0.5) is 4.79 Å². The maximum absolute atomic E-state index is 11.2. The van der Waals surface area contributed by atoms with E-state index >= 15 is 0 Å². The SMILES string of the molecule is CCN(C)CCNC(=O)NCCCC(=O)O. The molecule has 2 amide bonds. The normalized spacial score (nSPS) is 10.2. The molecule has 6 nitrogen and oxygen atoms in total. The summed E-state index contributed by atoms with van der Waals surface area (Å²) in [6, 6.07) is -0.241. The van der Waals surface area contributed by atoms with Gasteiger partial charge in [0.25, 0.3) is 0 Å². The smallest absolute Gasteiger partial charge is 0.314 e. The Labute approximate surface area is 96.0 Å². The fourth-order valence-electron chi connectivity index (χ4n) is 1.02. The van der Waals surface area contributed by atoms with Crippen molar-refractivity contribution in [1.82, 2.24) is 15.5 Å². The van der Waals surface area contributed by atoms with Gasteiger partial charge in [0, 0.05) is 26.1 Å². The third-order valence-electron chi connectivity index (χ3n) is 2.17. The maximum Gasteiger partial charge on any atom is 0.314 e. The van der Waals surface area contributed by atoms with E-state index in [9.17, 15) is 9.59 Å². The van der Waals surface area contributed by atoms with Crippen LogP contribution in [-0.2, 0) is 4.79 Å². The second-order valence-electron chi connectivity index (χ2n) is 3.58. The van der Waals surface area contributed by atoms with Gasteiger partial charge in [0.05, 0.1) is 0 Å². The second-order valence-corrected chi connectivity index (χ2v) is 3.58. The molecule has 0 rings (SSSR count). The highest BCUT2D eigenvalue weighted by Crippen LogP contribution is 1.85. The lowest BCUT2D eigenvalue weighted by Crippen LogP contribution is -2.40. The molecule has 0 heterocycles. The molecule has 0 fully saturated rings. The number of nitrogens with one attached hydrogen (secondary N) is 2. The summed E-state index contributed by atoms with van der Waals surface area (Å²) in [7, 11) is 1.98. The van der Waals surface area contributed by atoms with E-state index in [1.54, 1.807) is 0 Å². The van der Waals surface area contributed by atoms with Crippen LogP contribution in [0.5, 0.6) is 0 Å². The van der Waals surface area contributed by atoms with Crippen LogP contribution in [0.1, 0.15) is 19.8 Å². The molecule has 6 heteroatoms. The Bertz CT molecular complexity index is 221. The number of hydrogen-bond donors (Lipinski definition) is 3. The Morgan fingerprint density at radius 3 is 2.44 bits per heavy atom. The predicted molar refractivity (Wildman–Crippen MR) is 61.4 cm³/mol. The molecule has 0 spiro atoms. The Morgan fingerprint density at radius 1 is 1.25 bits per heavy atom. The van der Waals surface area contributed by atoms with E-state index in [4.69, 9.17) is 5.11 Å². The summed E-state index contributed by atoms with van der Waals surface area (Å²) in [6.07, 6.45) is 0.538. The first-order valence-corrected chi connectivity index (χ1v) is 5.48. The molecule has 0 unspecified atom stereocenters. The van der Waals surface area contributed by atoms with E-state index < -0.39 is 5.97 Å². The van der Waals surface area contributed by atoms with Crippen LogP contribution in [0.2, 0.25) is 0 Å². The summed E-state index contributed by atoms with van der Waals surface area (Å²) >= 11 is 0. The van der Waals surface area contributed by atoms with Gasteiger partial charge in [-0.25, -0.2) is 4.79 Å². The van der Waals surface area contributed by atoms with Gasteiger partial charge in [-0.3, -0.25) is 4.79 Å². The number of carbonyl (C=O) groups is 2. The summed E-state index contributed by atoms with van der Waals surface area (Å²) in [6.45, 7) is 4.78. The number of rotatable bonds is 8. The molecule has 0 aromatic carbocycles. The number of nitrogens with zero attached hydrogens (tertiary/aromatic N) is 1. The largest absolute Gasteiger partial charge is 0.481 e. The molecule has 0 aromatic rings. The van der Waals surface area contributed by atoms with Crippen molar-refractivity contribution >= 4 is 12.0 Å². The van der Waals surface area contributed by atoms with Gasteiger partial charge >= 0.3 is 12.0 Å². The summed E-state index contributed by atoms with van der Waals surface area (Å²) in [5.41, 5.74) is 0. The molecule has 0 aromatic heterocycles. The molecule has 0 aliphatic rings. The Morgan fingerprint density at radius 2 is 1.88 bits per heavy atom. The van der Waals surface area contributed by atoms with Crippen LogP contribution >= 0.6 is 0 Å². The minimum atomic E-state index is -0.841. The van der Waals surface area contributed by atoms with Crippen LogP contribution in [0.25, 0.3) is 0 Å². The number of hydrogen-bond acceptors (Lipinski definition) is 3. The molecule has 0 atom stereocenters. The van der Waals surface area contributed by atoms with E-state index in [-0.39, 0.29) is 12.5 Å². The van der Waals surface area contributed by atoms with Crippen molar-refractivity contribution in [2.24, 2.45) is 0 Å². The van der Waals surface area contributed by atoms with Crippen LogP contribution in [0.15, 0.2) is 0 Å². The molecule has 0 saturated heterocycles. The Kier molecular flexibility index (Phi) is 8.24. The van der Waals surface area contributed by atoms with Crippen LogP contribution < -0.4 is 10.6 Å². The van der Waals surface area contributed by atoms with Gasteiger partial charge in [0.15, 0.2) is 0 Å². The molecule has 3 N–H and O–H groups in total. The van der Waals surface area contributed by atoms with Gasteiger partial charge < -0.3 is 20.6 Å². The standard InChI is InChI=1S/C10H21N3O3/c1-3-13(2)8-7-12-10(16)11-6-4-5-9(14)15/h3-8H2,1-2H3,(H,14,15)(H2,11,12,16). The van der Waals surface area contributed by atoms with Gasteiger partial charge in [0.2, 0.25) is 0 Å². The minimum Gasteiger partial charge on any atom is -0.481 e. The van der Waals surface area contributed by atoms with Crippen molar-refractivity contribution in [3.63, 3.8) is 0 Å². The third-order valence-corrected chi connectivity index (χ3v) is 2.17. The van der Waals surface area contributed by atoms with Crippen molar-refractivity contribution in [3.05, 3.63) is 0 Å². The van der Waals surface area contributed by atoms with Gasteiger partial charge in [-0.05, 0) is 20.0 Å². The van der Waals surface area contributed by atoms with Crippen molar-refractivity contribution < 1.29 is 14.7 Å². The minimum absolute atomic E-state index is 0.0822. The number of carboxylic acids is 1. The first kappa shape index (κ1) is 14.7. The number of likely N-dealkylation sites (N-methyl/N-ethyl adjacent to an activating group) is 1. The zero-order valence-electron chi connectivity index (χ0n) is 9.95. The molecule has 0 aliphatic carbocycles. The molecular weight excluding hydrogens is 210 g/mol. The monoisotopic (exact) mass is 231 g/mol. The Hall–Kier alpha value is -1.30. The summed E-state index contributed by atoms with van der Waals surface area (Å²) in [5, 5.41) is 13.7. The quantitative estimate of drug-likeness (QED) is 0.518. The average molecular weight is 231 g/mol. The number of urea groups is 1. The summed E-state index contributed by atoms with van der Waals surface area (Å²) in [4.78, 5) is 23.4. The lowest BCUT2D eigenvalue weighted by atomic mass is 10.3. The molecule has 0 saturated carbocycles. The fraction of sp³-hybridized carbons (Fsp3) is 0.800. The van der Waals surface area contributed by atoms with Gasteiger partial charge in [-0.2, -0.15) is 0 Å². The van der Waals surface area contributed by atoms with Crippen LogP contribution in [0.3, 0.4) is 0 Å². The highest BCUT2D eigenvalue weighted by molar-refractivity contribution is 5.73. The summed E-state index contributed by atoms with van der Waals surface area (Å²) in [5.74, 6) is -0.841. The van der Waals surface area contributed by atoms with Crippen molar-refractivity contribution in [3.8, 4) is 0 Å². The van der Waals surface area contributed by atoms with Crippen molar-refractivity contribution in [2.75, 3.05) is 33.2 Å². The second kappa shape index (κ2) is 8.96. The zero-order chi connectivity index (χ0) is 12.4. The van der Waals surface area contributed by atoms with E-state index in [2.05, 4.69) is 15.5 Å². The van der Waals surface area contributed by atoms with Gasteiger partial charge in [-0.15, -0.1) is 0 Å². The van der Waals surface area contributed by atoms with Crippen molar-refractivity contribution in [2.45, 2.75) is 19.8 Å². The fourth-order valence-corrected chi connectivity index (χ4v) is 1.02. The highest BCUT2D eigenvalue weighted by atomic mass is 16.4. The lowest BCUT2D eigenvalue weighted by molar-refractivity contribution is -0.137.